The molecule has 0 spiro atoms. The van der Waals surface area contributed by atoms with E-state index in [1.165, 1.54) is 61.3 Å². The minimum absolute atomic E-state index is 0.0698. The van der Waals surface area contributed by atoms with Crippen LogP contribution in [0.15, 0.2) is 24.3 Å². The van der Waals surface area contributed by atoms with Crippen LogP contribution in [0.25, 0.3) is 0 Å². The molecule has 2 rings (SSSR count). The normalized spacial score (nSPS) is 17.9. The van der Waals surface area contributed by atoms with Crippen molar-refractivity contribution in [3.05, 3.63) is 24.3 Å². The molecular formula is C20H28N2O4. The summed E-state index contributed by atoms with van der Waals surface area (Å²) in [6.45, 7) is 2.27. The van der Waals surface area contributed by atoms with E-state index in [4.69, 9.17) is 0 Å². The fourth-order valence-corrected chi connectivity index (χ4v) is 3.41. The molecule has 1 atom stereocenters. The molecule has 0 aromatic carbocycles. The van der Waals surface area contributed by atoms with Crippen LogP contribution in [0.4, 0.5) is 0 Å². The molecule has 0 aromatic heterocycles. The third kappa shape index (κ3) is 5.38. The minimum atomic E-state index is -0.460. The lowest BCUT2D eigenvalue weighted by Gasteiger charge is -2.29. The molecule has 2 aliphatic heterocycles. The van der Waals surface area contributed by atoms with Gasteiger partial charge >= 0.3 is 0 Å². The maximum Gasteiger partial charge on any atom is 0.253 e. The van der Waals surface area contributed by atoms with Crippen LogP contribution in [0.1, 0.15) is 64.7 Å². The van der Waals surface area contributed by atoms with Crippen molar-refractivity contribution in [3.63, 3.8) is 0 Å². The Hall–Kier alpha value is -2.24. The fourth-order valence-electron chi connectivity index (χ4n) is 3.41. The van der Waals surface area contributed by atoms with E-state index in [1.807, 2.05) is 0 Å². The molecule has 4 amide bonds. The Balaban J connectivity index is 1.84. The zero-order valence-corrected chi connectivity index (χ0v) is 15.5. The summed E-state index contributed by atoms with van der Waals surface area (Å²) in [5.74, 6) is -1.51. The van der Waals surface area contributed by atoms with Crippen molar-refractivity contribution in [2.45, 2.75) is 70.8 Å². The van der Waals surface area contributed by atoms with Crippen LogP contribution in [-0.2, 0) is 19.2 Å². The molecule has 26 heavy (non-hydrogen) atoms. The zero-order valence-electron chi connectivity index (χ0n) is 15.5. The topological polar surface area (TPSA) is 74.8 Å². The number of amides is 4. The largest absolute Gasteiger partial charge is 0.273 e. The van der Waals surface area contributed by atoms with Gasteiger partial charge < -0.3 is 0 Å². The summed E-state index contributed by atoms with van der Waals surface area (Å²) >= 11 is 0. The van der Waals surface area contributed by atoms with Gasteiger partial charge in [-0.1, -0.05) is 58.3 Å². The Bertz CT molecular complexity index is 573. The van der Waals surface area contributed by atoms with Crippen molar-refractivity contribution in [2.75, 3.05) is 6.54 Å². The Labute approximate surface area is 154 Å². The highest BCUT2D eigenvalue weighted by atomic mass is 16.2. The van der Waals surface area contributed by atoms with E-state index in [9.17, 15) is 19.2 Å². The molecule has 0 saturated carbocycles. The van der Waals surface area contributed by atoms with Gasteiger partial charge in [-0.3, -0.25) is 29.0 Å². The van der Waals surface area contributed by atoms with E-state index in [0.29, 0.717) is 6.42 Å². The molecule has 0 radical (unpaired) electrons. The van der Waals surface area contributed by atoms with Crippen LogP contribution in [0.3, 0.4) is 0 Å². The predicted octanol–water partition coefficient (Wildman–Crippen LogP) is 2.74. The molecular weight excluding hydrogens is 332 g/mol. The number of hydrogen-bond donors (Lipinski definition) is 0. The van der Waals surface area contributed by atoms with E-state index in [-0.39, 0.29) is 30.2 Å². The molecule has 0 N–H and O–H groups in total. The predicted molar refractivity (Wildman–Crippen MR) is 97.9 cm³/mol. The number of carbonyl (C=O) groups excluding carboxylic acids is 4. The van der Waals surface area contributed by atoms with Crippen LogP contribution >= 0.6 is 0 Å². The van der Waals surface area contributed by atoms with E-state index in [1.54, 1.807) is 0 Å². The number of imide groups is 2. The van der Waals surface area contributed by atoms with Gasteiger partial charge in [0.15, 0.2) is 0 Å². The first-order chi connectivity index (χ1) is 12.5. The van der Waals surface area contributed by atoms with Crippen molar-refractivity contribution in [3.8, 4) is 0 Å². The van der Waals surface area contributed by atoms with E-state index < -0.39 is 6.04 Å². The summed E-state index contributed by atoms with van der Waals surface area (Å²) in [5, 5.41) is 0. The Morgan fingerprint density at radius 2 is 1.15 bits per heavy atom. The number of unbranched alkanes of at least 4 members (excludes halogenated alkanes) is 7. The average Bonchev–Trinajstić information content (AvgIpc) is 3.11. The van der Waals surface area contributed by atoms with Crippen molar-refractivity contribution in [1.29, 1.82) is 0 Å². The van der Waals surface area contributed by atoms with Gasteiger partial charge in [-0.2, -0.15) is 0 Å². The van der Waals surface area contributed by atoms with E-state index >= 15 is 0 Å². The number of carbonyl (C=O) groups is 4. The van der Waals surface area contributed by atoms with Gasteiger partial charge in [-0.05, 0) is 6.42 Å². The minimum Gasteiger partial charge on any atom is -0.273 e. The van der Waals surface area contributed by atoms with Crippen molar-refractivity contribution in [1.82, 2.24) is 9.80 Å². The van der Waals surface area contributed by atoms with Gasteiger partial charge in [0.05, 0.1) is 12.6 Å². The Kier molecular flexibility index (Phi) is 7.75. The Morgan fingerprint density at radius 3 is 1.69 bits per heavy atom. The first-order valence-electron chi connectivity index (χ1n) is 9.63. The number of hydrogen-bond acceptors (Lipinski definition) is 4. The highest BCUT2D eigenvalue weighted by Gasteiger charge is 2.35. The van der Waals surface area contributed by atoms with E-state index in [2.05, 4.69) is 6.92 Å². The Morgan fingerprint density at radius 1 is 0.692 bits per heavy atom. The van der Waals surface area contributed by atoms with Gasteiger partial charge in [0, 0.05) is 24.3 Å². The van der Waals surface area contributed by atoms with E-state index in [0.717, 1.165) is 24.2 Å². The second-order valence-electron chi connectivity index (χ2n) is 6.92. The van der Waals surface area contributed by atoms with Gasteiger partial charge in [0.1, 0.15) is 0 Å². The van der Waals surface area contributed by atoms with Crippen molar-refractivity contribution in [2.24, 2.45) is 0 Å². The summed E-state index contributed by atoms with van der Waals surface area (Å²) in [5.41, 5.74) is 0. The van der Waals surface area contributed by atoms with Gasteiger partial charge in [-0.25, -0.2) is 0 Å². The maximum atomic E-state index is 12.0. The highest BCUT2D eigenvalue weighted by molar-refractivity contribution is 6.14. The van der Waals surface area contributed by atoms with Crippen LogP contribution in [0.5, 0.6) is 0 Å². The third-order valence-corrected chi connectivity index (χ3v) is 4.89. The molecule has 1 unspecified atom stereocenters. The molecule has 2 aliphatic rings. The fraction of sp³-hybridized carbons (Fsp3) is 0.600. The van der Waals surface area contributed by atoms with Crippen LogP contribution in [0, 0.1) is 0 Å². The SMILES string of the molecule is CCCCCCCCCCC(CN1C(=O)C=CC1=O)N1C(=O)C=CC1=O. The number of nitrogens with zero attached hydrogens (tertiary/aromatic N) is 2. The second kappa shape index (κ2) is 10.0. The highest BCUT2D eigenvalue weighted by Crippen LogP contribution is 2.19. The molecule has 0 fully saturated rings. The molecule has 0 aromatic rings. The summed E-state index contributed by atoms with van der Waals surface area (Å²) in [7, 11) is 0. The summed E-state index contributed by atoms with van der Waals surface area (Å²) in [6, 6.07) is -0.460. The molecule has 0 aliphatic carbocycles. The lowest BCUT2D eigenvalue weighted by molar-refractivity contribution is -0.145. The second-order valence-corrected chi connectivity index (χ2v) is 6.92. The summed E-state index contributed by atoms with van der Waals surface area (Å²) < 4.78 is 0. The van der Waals surface area contributed by atoms with Crippen molar-refractivity contribution < 1.29 is 19.2 Å². The smallest absolute Gasteiger partial charge is 0.253 e. The first kappa shape index (κ1) is 20.1. The van der Waals surface area contributed by atoms with Gasteiger partial charge in [-0.15, -0.1) is 0 Å². The molecule has 6 nitrogen and oxygen atoms in total. The summed E-state index contributed by atoms with van der Waals surface area (Å²) in [6.07, 6.45) is 14.8. The molecule has 142 valence electrons. The van der Waals surface area contributed by atoms with Gasteiger partial charge in [0.25, 0.3) is 23.6 Å². The van der Waals surface area contributed by atoms with Crippen molar-refractivity contribution >= 4 is 23.6 Å². The quantitative estimate of drug-likeness (QED) is 0.396. The van der Waals surface area contributed by atoms with Crippen LogP contribution in [0.2, 0.25) is 0 Å². The molecule has 0 saturated heterocycles. The van der Waals surface area contributed by atoms with Crippen LogP contribution < -0.4 is 0 Å². The van der Waals surface area contributed by atoms with Crippen LogP contribution in [-0.4, -0.2) is 46.0 Å². The number of rotatable bonds is 12. The lowest BCUT2D eigenvalue weighted by Crippen LogP contribution is -2.48. The molecule has 6 heteroatoms. The monoisotopic (exact) mass is 360 g/mol. The lowest BCUT2D eigenvalue weighted by atomic mass is 10.0. The third-order valence-electron chi connectivity index (χ3n) is 4.89. The maximum absolute atomic E-state index is 12.0. The van der Waals surface area contributed by atoms with Gasteiger partial charge in [0.2, 0.25) is 0 Å². The first-order valence-corrected chi connectivity index (χ1v) is 9.63. The molecule has 2 heterocycles. The average molecular weight is 360 g/mol. The zero-order chi connectivity index (χ0) is 18.9. The standard InChI is InChI=1S/C20H28N2O4/c1-2-3-4-5-6-7-8-9-10-16(22-19(25)13-14-20(22)26)15-21-17(23)11-12-18(21)24/h11-14,16H,2-10,15H2,1H3. The molecule has 0 bridgehead atoms. The summed E-state index contributed by atoms with van der Waals surface area (Å²) in [4.78, 5) is 49.9.